The van der Waals surface area contributed by atoms with Gasteiger partial charge in [-0.3, -0.25) is 4.79 Å². The molecular weight excluding hydrogens is 332 g/mol. The highest BCUT2D eigenvalue weighted by Crippen LogP contribution is 2.20. The Morgan fingerprint density at radius 3 is 2.38 bits per heavy atom. The minimum atomic E-state index is -3.79. The van der Waals surface area contributed by atoms with Gasteiger partial charge in [0.25, 0.3) is 5.91 Å². The van der Waals surface area contributed by atoms with Crippen molar-refractivity contribution >= 4 is 27.6 Å². The average Bonchev–Trinajstić information content (AvgIpc) is 2.83. The molecule has 3 amide bonds. The highest BCUT2D eigenvalue weighted by Gasteiger charge is 2.28. The number of nitrogens with one attached hydrogen (secondary N) is 2. The van der Waals surface area contributed by atoms with Gasteiger partial charge < -0.3 is 5.32 Å². The number of nitrogens with zero attached hydrogens (tertiary/aromatic N) is 1. The Kier molecular flexibility index (Phi) is 3.96. The van der Waals surface area contributed by atoms with Crippen LogP contribution in [-0.4, -0.2) is 25.4 Å². The van der Waals surface area contributed by atoms with Gasteiger partial charge in [-0.25, -0.2) is 28.8 Å². The van der Waals surface area contributed by atoms with Crippen molar-refractivity contribution < 1.29 is 18.0 Å². The van der Waals surface area contributed by atoms with Crippen LogP contribution in [0, 0.1) is 0 Å². The summed E-state index contributed by atoms with van der Waals surface area (Å²) in [5.74, 6) is -0.287. The highest BCUT2D eigenvalue weighted by atomic mass is 32.2. The Morgan fingerprint density at radius 1 is 1.08 bits per heavy atom. The number of amides is 3. The molecule has 0 aliphatic carbocycles. The lowest BCUT2D eigenvalue weighted by Crippen LogP contribution is -2.44. The standard InChI is InChI=1S/C15H14N4O4S/c16-24(22,23)12-7-5-11(6-8-12)17-15(21)18-19-9-10-3-1-2-4-13(10)14(19)20/h1-8H,9H2,(H2,16,22,23)(H2,17,18,21). The Labute approximate surface area is 138 Å². The normalized spacial score (nSPS) is 13.5. The van der Waals surface area contributed by atoms with Crippen LogP contribution in [0.3, 0.4) is 0 Å². The SMILES string of the molecule is NS(=O)(=O)c1ccc(NC(=O)NN2Cc3ccccc3C2=O)cc1. The summed E-state index contributed by atoms with van der Waals surface area (Å²) in [5, 5.41) is 8.72. The molecule has 9 heteroatoms. The van der Waals surface area contributed by atoms with Gasteiger partial charge in [-0.2, -0.15) is 0 Å². The van der Waals surface area contributed by atoms with Gasteiger partial charge in [-0.15, -0.1) is 0 Å². The summed E-state index contributed by atoms with van der Waals surface area (Å²) in [4.78, 5) is 24.1. The van der Waals surface area contributed by atoms with Gasteiger partial charge in [0.15, 0.2) is 0 Å². The van der Waals surface area contributed by atoms with Crippen LogP contribution in [0.5, 0.6) is 0 Å². The Bertz CT molecular complexity index is 909. The molecule has 1 heterocycles. The zero-order valence-corrected chi connectivity index (χ0v) is 13.2. The van der Waals surface area contributed by atoms with E-state index in [4.69, 9.17) is 5.14 Å². The number of primary sulfonamides is 1. The summed E-state index contributed by atoms with van der Waals surface area (Å²) in [6.45, 7) is 0.285. The van der Waals surface area contributed by atoms with Crippen LogP contribution in [0.4, 0.5) is 10.5 Å². The average molecular weight is 346 g/mol. The molecule has 0 spiro atoms. The van der Waals surface area contributed by atoms with E-state index in [9.17, 15) is 18.0 Å². The number of fused-ring (bicyclic) bond motifs is 1. The first kappa shape index (κ1) is 16.0. The Balaban J connectivity index is 1.64. The maximum absolute atomic E-state index is 12.1. The number of carbonyl (C=O) groups is 2. The van der Waals surface area contributed by atoms with E-state index < -0.39 is 16.1 Å². The van der Waals surface area contributed by atoms with Crippen LogP contribution in [0.1, 0.15) is 15.9 Å². The quantitative estimate of drug-likeness (QED) is 0.768. The molecule has 4 N–H and O–H groups in total. The third kappa shape index (κ3) is 3.21. The van der Waals surface area contributed by atoms with Crippen molar-refractivity contribution in [1.82, 2.24) is 10.4 Å². The van der Waals surface area contributed by atoms with Crippen molar-refractivity contribution in [2.24, 2.45) is 5.14 Å². The van der Waals surface area contributed by atoms with Crippen molar-refractivity contribution in [3.8, 4) is 0 Å². The van der Waals surface area contributed by atoms with Crippen molar-refractivity contribution in [3.63, 3.8) is 0 Å². The molecule has 1 aliphatic heterocycles. The molecule has 0 atom stereocenters. The number of nitrogens with two attached hydrogens (primary N) is 1. The van der Waals surface area contributed by atoms with Gasteiger partial charge in [-0.1, -0.05) is 18.2 Å². The number of hydrazine groups is 1. The van der Waals surface area contributed by atoms with E-state index >= 15 is 0 Å². The second-order valence-electron chi connectivity index (χ2n) is 5.18. The lowest BCUT2D eigenvalue weighted by molar-refractivity contribution is 0.0713. The van der Waals surface area contributed by atoms with E-state index in [-0.39, 0.29) is 17.3 Å². The number of benzene rings is 2. The van der Waals surface area contributed by atoms with E-state index in [0.717, 1.165) is 5.56 Å². The van der Waals surface area contributed by atoms with E-state index in [1.54, 1.807) is 12.1 Å². The highest BCUT2D eigenvalue weighted by molar-refractivity contribution is 7.89. The van der Waals surface area contributed by atoms with Crippen molar-refractivity contribution in [3.05, 3.63) is 59.7 Å². The van der Waals surface area contributed by atoms with Crippen LogP contribution < -0.4 is 15.9 Å². The van der Waals surface area contributed by atoms with E-state index in [0.29, 0.717) is 11.3 Å². The van der Waals surface area contributed by atoms with Crippen molar-refractivity contribution in [2.75, 3.05) is 5.32 Å². The lowest BCUT2D eigenvalue weighted by Gasteiger charge is -2.17. The van der Waals surface area contributed by atoms with Gasteiger partial charge in [-0.05, 0) is 35.9 Å². The molecule has 0 aromatic heterocycles. The molecule has 24 heavy (non-hydrogen) atoms. The summed E-state index contributed by atoms with van der Waals surface area (Å²) in [6.07, 6.45) is 0. The first-order valence-corrected chi connectivity index (χ1v) is 8.49. The summed E-state index contributed by atoms with van der Waals surface area (Å²) >= 11 is 0. The minimum Gasteiger partial charge on any atom is -0.307 e. The molecule has 2 aromatic rings. The maximum atomic E-state index is 12.1. The monoisotopic (exact) mass is 346 g/mol. The van der Waals surface area contributed by atoms with E-state index in [1.165, 1.54) is 29.3 Å². The molecule has 0 saturated heterocycles. The number of carbonyl (C=O) groups excluding carboxylic acids is 2. The molecular formula is C15H14N4O4S. The minimum absolute atomic E-state index is 0.0568. The number of anilines is 1. The third-order valence-corrected chi connectivity index (χ3v) is 4.43. The molecule has 0 fully saturated rings. The van der Waals surface area contributed by atoms with Crippen molar-refractivity contribution in [1.29, 1.82) is 0 Å². The van der Waals surface area contributed by atoms with Crippen LogP contribution in [-0.2, 0) is 16.6 Å². The number of sulfonamides is 1. The van der Waals surface area contributed by atoms with Gasteiger partial charge in [0, 0.05) is 11.3 Å². The summed E-state index contributed by atoms with van der Waals surface area (Å²) in [7, 11) is -3.79. The molecule has 3 rings (SSSR count). The topological polar surface area (TPSA) is 122 Å². The van der Waals surface area contributed by atoms with Gasteiger partial charge in [0.1, 0.15) is 0 Å². The summed E-state index contributed by atoms with van der Waals surface area (Å²) in [5.41, 5.74) is 4.21. The van der Waals surface area contributed by atoms with Crippen LogP contribution in [0.15, 0.2) is 53.4 Å². The molecule has 124 valence electrons. The molecule has 0 radical (unpaired) electrons. The second-order valence-corrected chi connectivity index (χ2v) is 6.75. The first-order valence-electron chi connectivity index (χ1n) is 6.95. The number of urea groups is 1. The van der Waals surface area contributed by atoms with Gasteiger partial charge >= 0.3 is 6.03 Å². The lowest BCUT2D eigenvalue weighted by atomic mass is 10.1. The number of hydrogen-bond donors (Lipinski definition) is 3. The van der Waals surface area contributed by atoms with Crippen molar-refractivity contribution in [2.45, 2.75) is 11.4 Å². The van der Waals surface area contributed by atoms with Crippen LogP contribution in [0.25, 0.3) is 0 Å². The molecule has 2 aromatic carbocycles. The van der Waals surface area contributed by atoms with E-state index in [1.807, 2.05) is 12.1 Å². The Morgan fingerprint density at radius 2 is 1.75 bits per heavy atom. The largest absolute Gasteiger partial charge is 0.338 e. The fourth-order valence-electron chi connectivity index (χ4n) is 2.35. The smallest absolute Gasteiger partial charge is 0.307 e. The first-order chi connectivity index (χ1) is 11.3. The number of rotatable bonds is 3. The fourth-order valence-corrected chi connectivity index (χ4v) is 2.87. The van der Waals surface area contributed by atoms with Gasteiger partial charge in [0.05, 0.1) is 11.4 Å². The van der Waals surface area contributed by atoms with Crippen LogP contribution >= 0.6 is 0 Å². The molecule has 0 saturated carbocycles. The Hall–Kier alpha value is -2.91. The second kappa shape index (κ2) is 5.95. The van der Waals surface area contributed by atoms with E-state index in [2.05, 4.69) is 10.7 Å². The predicted octanol–water partition coefficient (Wildman–Crippen LogP) is 1.03. The zero-order chi connectivity index (χ0) is 17.3. The summed E-state index contributed by atoms with van der Waals surface area (Å²) in [6, 6.07) is 11.8. The maximum Gasteiger partial charge on any atom is 0.338 e. The van der Waals surface area contributed by atoms with Gasteiger partial charge in [0.2, 0.25) is 10.0 Å². The number of hydrogen-bond acceptors (Lipinski definition) is 4. The molecule has 8 nitrogen and oxygen atoms in total. The zero-order valence-electron chi connectivity index (χ0n) is 12.4. The molecule has 0 bridgehead atoms. The molecule has 1 aliphatic rings. The molecule has 0 unspecified atom stereocenters. The predicted molar refractivity (Wildman–Crippen MR) is 86.3 cm³/mol. The van der Waals surface area contributed by atoms with Crippen LogP contribution in [0.2, 0.25) is 0 Å². The fraction of sp³-hybridized carbons (Fsp3) is 0.0667. The third-order valence-electron chi connectivity index (χ3n) is 3.50. The summed E-state index contributed by atoms with van der Waals surface area (Å²) < 4.78 is 22.3.